The van der Waals surface area contributed by atoms with Gasteiger partial charge in [0.05, 0.1) is 11.3 Å². The molecule has 0 aromatic heterocycles. The standard InChI is InChI=1S/C26H28ClNO4/c1-16(2)6-5-14-25(3)15-13-17-7-12-20-21(22(17)32-25)26(30,23(31-4)24(29)28-20)18-8-10-19(27)11-9-18/h6-13,15,23,30H,5,14H2,1-4H3,(H,28,29)/t23-,25-,26+/m1/s1. The summed E-state index contributed by atoms with van der Waals surface area (Å²) in [4.78, 5) is 12.9. The molecule has 0 saturated carbocycles. The number of benzene rings is 2. The van der Waals surface area contributed by atoms with Crippen LogP contribution in [0.3, 0.4) is 0 Å². The highest BCUT2D eigenvalue weighted by Crippen LogP contribution is 2.50. The number of nitrogens with one attached hydrogen (secondary N) is 1. The minimum Gasteiger partial charge on any atom is -0.482 e. The molecule has 0 spiro atoms. The Morgan fingerprint density at radius 2 is 1.97 bits per heavy atom. The van der Waals surface area contributed by atoms with E-state index < -0.39 is 23.2 Å². The van der Waals surface area contributed by atoms with Gasteiger partial charge in [-0.05, 0) is 69.5 Å². The van der Waals surface area contributed by atoms with Gasteiger partial charge >= 0.3 is 0 Å². The van der Waals surface area contributed by atoms with Crippen LogP contribution in [0, 0.1) is 0 Å². The molecule has 32 heavy (non-hydrogen) atoms. The summed E-state index contributed by atoms with van der Waals surface area (Å²) >= 11 is 6.09. The number of aliphatic hydroxyl groups is 1. The van der Waals surface area contributed by atoms with Gasteiger partial charge in [0, 0.05) is 17.7 Å². The number of hydrogen-bond acceptors (Lipinski definition) is 4. The smallest absolute Gasteiger partial charge is 0.257 e. The highest BCUT2D eigenvalue weighted by molar-refractivity contribution is 6.30. The van der Waals surface area contributed by atoms with Crippen LogP contribution in [0.1, 0.15) is 50.3 Å². The van der Waals surface area contributed by atoms with E-state index in [2.05, 4.69) is 31.3 Å². The monoisotopic (exact) mass is 453 g/mol. The molecule has 2 N–H and O–H groups in total. The Kier molecular flexibility index (Phi) is 5.93. The molecule has 2 heterocycles. The van der Waals surface area contributed by atoms with Crippen LogP contribution in [0.25, 0.3) is 6.08 Å². The van der Waals surface area contributed by atoms with E-state index in [0.29, 0.717) is 27.6 Å². The third kappa shape index (κ3) is 3.85. The molecule has 1 amide bonds. The van der Waals surface area contributed by atoms with E-state index in [1.807, 2.05) is 19.1 Å². The Labute approximate surface area is 193 Å². The summed E-state index contributed by atoms with van der Waals surface area (Å²) in [5, 5.41) is 15.6. The number of carbonyl (C=O) groups is 1. The van der Waals surface area contributed by atoms with E-state index in [1.165, 1.54) is 12.7 Å². The van der Waals surface area contributed by atoms with Gasteiger partial charge in [-0.15, -0.1) is 0 Å². The second-order valence-electron chi connectivity index (χ2n) is 8.85. The average molecular weight is 454 g/mol. The molecule has 5 nitrogen and oxygen atoms in total. The number of fused-ring (bicyclic) bond motifs is 3. The largest absolute Gasteiger partial charge is 0.482 e. The molecular formula is C26H28ClNO4. The number of hydrogen-bond donors (Lipinski definition) is 2. The van der Waals surface area contributed by atoms with Crippen molar-refractivity contribution in [3.8, 4) is 5.75 Å². The summed E-state index contributed by atoms with van der Waals surface area (Å²) in [6, 6.07) is 10.5. The maximum atomic E-state index is 12.9. The molecule has 3 atom stereocenters. The highest BCUT2D eigenvalue weighted by atomic mass is 35.5. The predicted octanol–water partition coefficient (Wildman–Crippen LogP) is 5.45. The molecule has 0 radical (unpaired) electrons. The third-order valence-corrected chi connectivity index (χ3v) is 6.36. The summed E-state index contributed by atoms with van der Waals surface area (Å²) < 4.78 is 12.1. The molecule has 6 heteroatoms. The third-order valence-electron chi connectivity index (χ3n) is 6.11. The maximum absolute atomic E-state index is 12.9. The van der Waals surface area contributed by atoms with Gasteiger partial charge in [0.1, 0.15) is 11.4 Å². The number of allylic oxidation sites excluding steroid dienone is 2. The number of carbonyl (C=O) groups excluding carboxylic acids is 1. The van der Waals surface area contributed by atoms with Crippen LogP contribution in [-0.4, -0.2) is 29.8 Å². The number of methoxy groups -OCH3 is 1. The lowest BCUT2D eigenvalue weighted by atomic mass is 9.76. The van der Waals surface area contributed by atoms with E-state index in [-0.39, 0.29) is 0 Å². The topological polar surface area (TPSA) is 67.8 Å². The number of halogens is 1. The van der Waals surface area contributed by atoms with Crippen LogP contribution in [-0.2, 0) is 15.1 Å². The van der Waals surface area contributed by atoms with Crippen LogP contribution < -0.4 is 10.1 Å². The molecule has 0 saturated heterocycles. The van der Waals surface area contributed by atoms with Crippen molar-refractivity contribution >= 4 is 29.3 Å². The number of ether oxygens (including phenoxy) is 2. The van der Waals surface area contributed by atoms with E-state index in [9.17, 15) is 9.90 Å². The molecule has 4 rings (SSSR count). The van der Waals surface area contributed by atoms with Crippen LogP contribution in [0.4, 0.5) is 5.69 Å². The van der Waals surface area contributed by atoms with Crippen LogP contribution >= 0.6 is 11.6 Å². The first-order valence-electron chi connectivity index (χ1n) is 10.7. The van der Waals surface area contributed by atoms with Crippen LogP contribution in [0.15, 0.2) is 54.1 Å². The fraction of sp³-hybridized carbons (Fsp3) is 0.346. The van der Waals surface area contributed by atoms with E-state index in [0.717, 1.165) is 18.4 Å². The van der Waals surface area contributed by atoms with Crippen molar-refractivity contribution in [1.82, 2.24) is 0 Å². The Morgan fingerprint density at radius 1 is 1.25 bits per heavy atom. The lowest BCUT2D eigenvalue weighted by Gasteiger charge is -2.43. The summed E-state index contributed by atoms with van der Waals surface area (Å²) in [6.45, 7) is 6.18. The molecule has 0 aliphatic carbocycles. The van der Waals surface area contributed by atoms with Gasteiger partial charge in [-0.1, -0.05) is 41.5 Å². The Bertz CT molecular complexity index is 1100. The number of rotatable bonds is 5. The fourth-order valence-electron chi connectivity index (χ4n) is 4.43. The minimum absolute atomic E-state index is 0.421. The zero-order valence-electron chi connectivity index (χ0n) is 18.7. The lowest BCUT2D eigenvalue weighted by molar-refractivity contribution is -0.142. The molecule has 168 valence electrons. The Balaban J connectivity index is 1.87. The highest BCUT2D eigenvalue weighted by Gasteiger charge is 2.52. The first-order chi connectivity index (χ1) is 15.2. The normalized spacial score (nSPS) is 25.9. The van der Waals surface area contributed by atoms with Gasteiger partial charge in [-0.2, -0.15) is 0 Å². The van der Waals surface area contributed by atoms with Gasteiger partial charge in [-0.3, -0.25) is 4.79 Å². The van der Waals surface area contributed by atoms with Gasteiger partial charge in [0.15, 0.2) is 11.7 Å². The molecule has 2 aliphatic heterocycles. The average Bonchev–Trinajstić information content (AvgIpc) is 2.73. The molecule has 0 bridgehead atoms. The molecule has 2 aliphatic rings. The maximum Gasteiger partial charge on any atom is 0.257 e. The van der Waals surface area contributed by atoms with E-state index >= 15 is 0 Å². The lowest BCUT2D eigenvalue weighted by Crippen LogP contribution is -2.53. The van der Waals surface area contributed by atoms with Gasteiger partial charge in [-0.25, -0.2) is 0 Å². The molecular weight excluding hydrogens is 426 g/mol. The number of anilines is 1. The second kappa shape index (κ2) is 8.39. The molecule has 2 aromatic rings. The Morgan fingerprint density at radius 3 is 2.62 bits per heavy atom. The fourth-order valence-corrected chi connectivity index (χ4v) is 4.56. The van der Waals surface area contributed by atoms with Crippen LogP contribution in [0.2, 0.25) is 5.02 Å². The Hall–Kier alpha value is -2.60. The zero-order chi connectivity index (χ0) is 23.1. The number of amides is 1. The zero-order valence-corrected chi connectivity index (χ0v) is 19.5. The van der Waals surface area contributed by atoms with Crippen molar-refractivity contribution in [2.75, 3.05) is 12.4 Å². The second-order valence-corrected chi connectivity index (χ2v) is 9.29. The van der Waals surface area contributed by atoms with Crippen molar-refractivity contribution in [1.29, 1.82) is 0 Å². The van der Waals surface area contributed by atoms with Crippen LogP contribution in [0.5, 0.6) is 5.75 Å². The first-order valence-corrected chi connectivity index (χ1v) is 11.1. The van der Waals surface area contributed by atoms with Crippen molar-refractivity contribution in [2.24, 2.45) is 0 Å². The molecule has 2 aromatic carbocycles. The van der Waals surface area contributed by atoms with Gasteiger partial charge in [0.25, 0.3) is 5.91 Å². The van der Waals surface area contributed by atoms with E-state index in [4.69, 9.17) is 21.1 Å². The molecule has 0 unspecified atom stereocenters. The van der Waals surface area contributed by atoms with Gasteiger partial charge in [0.2, 0.25) is 0 Å². The SMILES string of the molecule is CO[C@@H]1C(=O)Nc2ccc3c(c2[C@@]1(O)c1ccc(Cl)cc1)O[C@](C)(CCC=C(C)C)C=C3. The van der Waals surface area contributed by atoms with Gasteiger partial charge < -0.3 is 19.9 Å². The minimum atomic E-state index is -1.76. The first kappa shape index (κ1) is 22.6. The summed E-state index contributed by atoms with van der Waals surface area (Å²) in [5.74, 6) is 0.124. The predicted molar refractivity (Wildman–Crippen MR) is 127 cm³/mol. The van der Waals surface area contributed by atoms with Crippen molar-refractivity contribution in [3.05, 3.63) is 75.8 Å². The summed E-state index contributed by atoms with van der Waals surface area (Å²) in [6.07, 6.45) is 6.74. The summed E-state index contributed by atoms with van der Waals surface area (Å²) in [7, 11) is 1.41. The quantitative estimate of drug-likeness (QED) is 0.590. The molecule has 0 fully saturated rings. The van der Waals surface area contributed by atoms with E-state index in [1.54, 1.807) is 30.3 Å². The van der Waals surface area contributed by atoms with Crippen molar-refractivity contribution in [3.63, 3.8) is 0 Å². The van der Waals surface area contributed by atoms with Crippen molar-refractivity contribution < 1.29 is 19.4 Å². The van der Waals surface area contributed by atoms with Crippen molar-refractivity contribution in [2.45, 2.75) is 50.9 Å². The summed E-state index contributed by atoms with van der Waals surface area (Å²) in [5.41, 5.74) is 1.27.